The predicted octanol–water partition coefficient (Wildman–Crippen LogP) is -7.63. The molecule has 12 N–H and O–H groups in total. The van der Waals surface area contributed by atoms with Crippen LogP contribution in [0.2, 0.25) is 78.6 Å². The number of rotatable bonds is 12. The van der Waals surface area contributed by atoms with E-state index in [1.165, 1.54) is 0 Å². The molecule has 0 rings (SSSR count). The van der Waals surface area contributed by atoms with Gasteiger partial charge in [0.2, 0.25) is 33.3 Å². The molecule has 272 valence electrons. The fourth-order valence-corrected chi connectivity index (χ4v) is 6.51. The Kier molecular flexibility index (Phi) is 33.2. The third kappa shape index (κ3) is 86.1. The minimum absolute atomic E-state index is 0. The zero-order valence-corrected chi connectivity index (χ0v) is 32.6. The maximum Gasteiger partial charge on any atom is 0.698 e. The molecule has 0 aliphatic carbocycles. The number of hydrogen-bond donors (Lipinski definition) is 12. The van der Waals surface area contributed by atoms with Crippen LogP contribution >= 0.6 is 0 Å². The standard InChI is InChI=1S/4C3H12O5Si2.3H4Si/c4*1-9(2,3)7-8-10(4,5)6;;;/h4*4-6H,1-3H3;3*1H4. The summed E-state index contributed by atoms with van der Waals surface area (Å²) in [5.74, 6) is 0. The molecule has 0 spiro atoms. The second-order valence-electron chi connectivity index (χ2n) is 11.4. The molecule has 0 aromatic heterocycles. The van der Waals surface area contributed by atoms with E-state index in [2.05, 4.69) is 36.6 Å². The van der Waals surface area contributed by atoms with E-state index < -0.39 is 69.5 Å². The van der Waals surface area contributed by atoms with Gasteiger partial charge in [0.15, 0.2) is 0 Å². The molecule has 0 aliphatic rings. The van der Waals surface area contributed by atoms with E-state index in [0.29, 0.717) is 0 Å². The molecule has 0 aromatic rings. The van der Waals surface area contributed by atoms with Crippen LogP contribution < -0.4 is 0 Å². The van der Waals surface area contributed by atoms with Gasteiger partial charge in [-0.15, -0.1) is 0 Å². The first-order valence-corrected chi connectivity index (χ1v) is 31.6. The Labute approximate surface area is 274 Å². The first-order valence-electron chi connectivity index (χ1n) is 11.0. The van der Waals surface area contributed by atoms with E-state index in [-0.39, 0.29) is 32.9 Å². The second-order valence-corrected chi connectivity index (χ2v) is 34.2. The summed E-state index contributed by atoms with van der Waals surface area (Å²) in [5, 5.41) is 0. The van der Waals surface area contributed by atoms with Crippen molar-refractivity contribution in [3.05, 3.63) is 0 Å². The highest BCUT2D eigenvalue weighted by atomic mass is 28.4. The van der Waals surface area contributed by atoms with Gasteiger partial charge in [-0.1, -0.05) is 0 Å². The van der Waals surface area contributed by atoms with Crippen LogP contribution in [-0.2, 0) is 36.6 Å². The predicted molar refractivity (Wildman–Crippen MR) is 186 cm³/mol. The van der Waals surface area contributed by atoms with E-state index in [1.54, 1.807) is 78.6 Å². The summed E-state index contributed by atoms with van der Waals surface area (Å²) < 4.78 is 34.0. The maximum atomic E-state index is 8.31. The third-order valence-electron chi connectivity index (χ3n) is 1.61. The largest absolute Gasteiger partial charge is 0.698 e. The lowest BCUT2D eigenvalue weighted by Gasteiger charge is -2.17. The van der Waals surface area contributed by atoms with Crippen molar-refractivity contribution in [1.29, 1.82) is 0 Å². The molecule has 43 heavy (non-hydrogen) atoms. The van der Waals surface area contributed by atoms with Gasteiger partial charge < -0.3 is 57.5 Å². The summed E-state index contributed by atoms with van der Waals surface area (Å²) in [7, 11) is -25.6. The molecular weight excluding hydrogens is 773 g/mol. The highest BCUT2D eigenvalue weighted by Gasteiger charge is 2.37. The normalized spacial score (nSPS) is 12.8. The second kappa shape index (κ2) is 23.8. The molecule has 0 amide bonds. The van der Waals surface area contributed by atoms with Crippen molar-refractivity contribution in [3.63, 3.8) is 0 Å². The van der Waals surface area contributed by atoms with Gasteiger partial charge in [0.05, 0.1) is 0 Å². The molecular formula is C12H60O20Si11. The Morgan fingerprint density at radius 2 is 0.326 bits per heavy atom. The van der Waals surface area contributed by atoms with E-state index >= 15 is 0 Å². The Morgan fingerprint density at radius 1 is 0.233 bits per heavy atom. The van der Waals surface area contributed by atoms with Crippen LogP contribution in [-0.4, -0.2) is 160 Å². The fraction of sp³-hybridized carbons (Fsp3) is 1.00. The molecule has 0 bridgehead atoms. The number of hydrogen-bond acceptors (Lipinski definition) is 20. The van der Waals surface area contributed by atoms with Gasteiger partial charge in [0.1, 0.15) is 0 Å². The van der Waals surface area contributed by atoms with Crippen LogP contribution in [0.3, 0.4) is 0 Å². The molecule has 0 saturated carbocycles. The molecule has 0 atom stereocenters. The lowest BCUT2D eigenvalue weighted by Crippen LogP contribution is -2.42. The molecule has 0 unspecified atom stereocenters. The molecule has 20 nitrogen and oxygen atoms in total. The Morgan fingerprint density at radius 3 is 0.349 bits per heavy atom. The maximum absolute atomic E-state index is 8.31. The fourth-order valence-electron chi connectivity index (χ4n) is 0.724. The van der Waals surface area contributed by atoms with Crippen LogP contribution in [0.4, 0.5) is 0 Å². The van der Waals surface area contributed by atoms with Crippen molar-refractivity contribution >= 4 is 102 Å². The monoisotopic (exact) mass is 832 g/mol. The van der Waals surface area contributed by atoms with Crippen molar-refractivity contribution in [2.75, 3.05) is 0 Å². The van der Waals surface area contributed by atoms with Gasteiger partial charge in [0.25, 0.3) is 0 Å². The average molecular weight is 834 g/mol. The summed E-state index contributed by atoms with van der Waals surface area (Å²) >= 11 is 0. The van der Waals surface area contributed by atoms with E-state index in [1.807, 2.05) is 0 Å². The minimum Gasteiger partial charge on any atom is -0.366 e. The van der Waals surface area contributed by atoms with Crippen molar-refractivity contribution in [3.8, 4) is 0 Å². The van der Waals surface area contributed by atoms with Crippen LogP contribution in [0.15, 0.2) is 0 Å². The van der Waals surface area contributed by atoms with Crippen LogP contribution in [0.5, 0.6) is 0 Å². The Hall–Kier alpha value is 1.59. The topological polar surface area (TPSA) is 317 Å². The molecule has 0 aromatic carbocycles. The van der Waals surface area contributed by atoms with E-state index in [4.69, 9.17) is 57.5 Å². The van der Waals surface area contributed by atoms with Crippen molar-refractivity contribution in [2.45, 2.75) is 78.6 Å². The molecule has 31 heteroatoms. The van der Waals surface area contributed by atoms with E-state index in [9.17, 15) is 0 Å². The average Bonchev–Trinajstić information content (AvgIpc) is 2.59. The van der Waals surface area contributed by atoms with Crippen molar-refractivity contribution < 1.29 is 94.2 Å². The molecule has 0 radical (unpaired) electrons. The lowest BCUT2D eigenvalue weighted by molar-refractivity contribution is -0.187. The summed E-state index contributed by atoms with van der Waals surface area (Å²) in [4.78, 5) is 99.7. The van der Waals surface area contributed by atoms with Crippen LogP contribution in [0.1, 0.15) is 0 Å². The van der Waals surface area contributed by atoms with Gasteiger partial charge in [-0.05, 0) is 111 Å². The van der Waals surface area contributed by atoms with Crippen LogP contribution in [0, 0.1) is 0 Å². The zero-order chi connectivity index (χ0) is 33.7. The summed E-state index contributed by atoms with van der Waals surface area (Å²) in [6, 6.07) is 0. The third-order valence-corrected chi connectivity index (χ3v) is 5.84. The SMILES string of the molecule is C[Si](C)(C)OO[Si](O)(O)O.C[Si](C)(C)OO[Si](O)(O)O.C[Si](C)(C)OO[Si](O)(O)O.C[Si](C)(C)OO[Si](O)(O)O.[SiH4].[SiH4].[SiH4]. The zero-order valence-electron chi connectivity index (χ0n) is 24.6. The lowest BCUT2D eigenvalue weighted by atomic mass is 11.8. The summed E-state index contributed by atoms with van der Waals surface area (Å²) in [6.07, 6.45) is 0. The van der Waals surface area contributed by atoms with Crippen molar-refractivity contribution in [2.24, 2.45) is 0 Å². The van der Waals surface area contributed by atoms with Crippen molar-refractivity contribution in [1.82, 2.24) is 0 Å². The molecule has 0 aliphatic heterocycles. The van der Waals surface area contributed by atoms with E-state index in [0.717, 1.165) is 0 Å². The van der Waals surface area contributed by atoms with Gasteiger partial charge >= 0.3 is 36.2 Å². The Bertz CT molecular complexity index is 472. The molecule has 0 heterocycles. The van der Waals surface area contributed by atoms with Gasteiger partial charge in [-0.2, -0.15) is 0 Å². The van der Waals surface area contributed by atoms with Gasteiger partial charge in [-0.25, -0.2) is 18.3 Å². The smallest absolute Gasteiger partial charge is 0.366 e. The summed E-state index contributed by atoms with van der Waals surface area (Å²) in [6.45, 7) is 21.4. The summed E-state index contributed by atoms with van der Waals surface area (Å²) in [5.41, 5.74) is 0. The Balaban J connectivity index is -0.0000000785. The first-order chi connectivity index (χ1) is 16.8. The highest BCUT2D eigenvalue weighted by Crippen LogP contribution is 2.07. The quantitative estimate of drug-likeness (QED) is 0.0494. The highest BCUT2D eigenvalue weighted by molar-refractivity contribution is 6.71. The molecule has 0 fully saturated rings. The van der Waals surface area contributed by atoms with Gasteiger partial charge in [0, 0.05) is 0 Å². The van der Waals surface area contributed by atoms with Crippen LogP contribution in [0.25, 0.3) is 0 Å². The minimum atomic E-state index is -4.45. The van der Waals surface area contributed by atoms with Gasteiger partial charge in [-0.3, -0.25) is 18.3 Å². The first kappa shape index (κ1) is 60.0. The molecule has 0 saturated heterocycles.